The van der Waals surface area contributed by atoms with E-state index in [-0.39, 0.29) is 11.8 Å². The van der Waals surface area contributed by atoms with Gasteiger partial charge in [-0.3, -0.25) is 4.79 Å². The molecule has 2 fully saturated rings. The number of ether oxygens (including phenoxy) is 1. The Labute approximate surface area is 103 Å². The molecule has 0 atom stereocenters. The average Bonchev–Trinajstić information content (AvgIpc) is 3.13. The van der Waals surface area contributed by atoms with Crippen LogP contribution in [0.5, 0.6) is 0 Å². The molecule has 0 aromatic rings. The summed E-state index contributed by atoms with van der Waals surface area (Å²) in [7, 11) is 0. The van der Waals surface area contributed by atoms with E-state index in [4.69, 9.17) is 10.5 Å². The summed E-state index contributed by atoms with van der Waals surface area (Å²) in [6.07, 6.45) is 6.47. The van der Waals surface area contributed by atoms with Crippen molar-refractivity contribution >= 4 is 5.91 Å². The van der Waals surface area contributed by atoms with Crippen molar-refractivity contribution in [3.05, 3.63) is 0 Å². The molecule has 0 aromatic carbocycles. The summed E-state index contributed by atoms with van der Waals surface area (Å²) >= 11 is 0. The van der Waals surface area contributed by atoms with E-state index >= 15 is 0 Å². The molecule has 2 aliphatic rings. The highest BCUT2D eigenvalue weighted by Crippen LogP contribution is 2.28. The monoisotopic (exact) mass is 240 g/mol. The van der Waals surface area contributed by atoms with Gasteiger partial charge in [-0.2, -0.15) is 0 Å². The second-order valence-electron chi connectivity index (χ2n) is 5.42. The van der Waals surface area contributed by atoms with E-state index in [0.717, 1.165) is 38.2 Å². The molecule has 98 valence electrons. The van der Waals surface area contributed by atoms with Crippen LogP contribution in [-0.2, 0) is 9.53 Å². The smallest absolute Gasteiger partial charge is 0.223 e. The lowest BCUT2D eigenvalue weighted by atomic mass is 9.86. The lowest BCUT2D eigenvalue weighted by molar-refractivity contribution is -0.126. The molecule has 0 aliphatic heterocycles. The second-order valence-corrected chi connectivity index (χ2v) is 5.42. The maximum atomic E-state index is 11.8. The summed E-state index contributed by atoms with van der Waals surface area (Å²) in [4.78, 5) is 11.8. The quantitative estimate of drug-likeness (QED) is 0.682. The molecule has 2 saturated carbocycles. The zero-order chi connectivity index (χ0) is 12.1. The first-order valence-corrected chi connectivity index (χ1v) is 6.86. The number of rotatable bonds is 6. The van der Waals surface area contributed by atoms with Gasteiger partial charge < -0.3 is 15.8 Å². The van der Waals surface area contributed by atoms with Crippen LogP contribution in [0.2, 0.25) is 0 Å². The minimum atomic E-state index is 0.179. The molecule has 1 amide bonds. The Balaban J connectivity index is 1.50. The van der Waals surface area contributed by atoms with Crippen molar-refractivity contribution in [1.82, 2.24) is 5.32 Å². The van der Waals surface area contributed by atoms with E-state index in [0.29, 0.717) is 19.2 Å². The van der Waals surface area contributed by atoms with Gasteiger partial charge >= 0.3 is 0 Å². The van der Waals surface area contributed by atoms with Gasteiger partial charge in [-0.15, -0.1) is 0 Å². The Morgan fingerprint density at radius 3 is 2.53 bits per heavy atom. The minimum Gasteiger partial charge on any atom is -0.379 e. The average molecular weight is 240 g/mol. The Morgan fingerprint density at radius 2 is 1.88 bits per heavy atom. The van der Waals surface area contributed by atoms with Crippen molar-refractivity contribution in [3.8, 4) is 0 Å². The summed E-state index contributed by atoms with van der Waals surface area (Å²) in [5.74, 6) is 1.16. The third-order valence-electron chi connectivity index (χ3n) is 3.74. The maximum Gasteiger partial charge on any atom is 0.223 e. The number of nitrogens with one attached hydrogen (secondary N) is 1. The van der Waals surface area contributed by atoms with Gasteiger partial charge in [0.05, 0.1) is 6.61 Å². The minimum absolute atomic E-state index is 0.179. The van der Waals surface area contributed by atoms with E-state index in [2.05, 4.69) is 5.32 Å². The van der Waals surface area contributed by atoms with Crippen LogP contribution >= 0.6 is 0 Å². The first kappa shape index (κ1) is 12.8. The molecule has 4 nitrogen and oxygen atoms in total. The first-order chi connectivity index (χ1) is 8.25. The number of carbonyl (C=O) groups is 1. The summed E-state index contributed by atoms with van der Waals surface area (Å²) in [5.41, 5.74) is 5.82. The number of hydrogen-bond donors (Lipinski definition) is 2. The van der Waals surface area contributed by atoms with Crippen molar-refractivity contribution in [2.45, 2.75) is 44.6 Å². The molecule has 0 saturated heterocycles. The van der Waals surface area contributed by atoms with Crippen LogP contribution in [0.4, 0.5) is 0 Å². The molecule has 0 heterocycles. The number of carbonyl (C=O) groups excluding carboxylic acids is 1. The Kier molecular flexibility index (Phi) is 4.80. The van der Waals surface area contributed by atoms with Gasteiger partial charge in [0.1, 0.15) is 0 Å². The van der Waals surface area contributed by atoms with Crippen LogP contribution in [0.25, 0.3) is 0 Å². The van der Waals surface area contributed by atoms with Crippen molar-refractivity contribution < 1.29 is 9.53 Å². The fourth-order valence-electron chi connectivity index (χ4n) is 2.31. The topological polar surface area (TPSA) is 64.4 Å². The number of amides is 1. The van der Waals surface area contributed by atoms with Crippen molar-refractivity contribution in [3.63, 3.8) is 0 Å². The van der Waals surface area contributed by atoms with E-state index in [1.165, 1.54) is 12.8 Å². The predicted molar refractivity (Wildman–Crippen MR) is 66.5 cm³/mol. The van der Waals surface area contributed by atoms with Crippen LogP contribution in [0, 0.1) is 11.8 Å². The van der Waals surface area contributed by atoms with Gasteiger partial charge in [-0.25, -0.2) is 0 Å². The summed E-state index contributed by atoms with van der Waals surface area (Å²) in [6.45, 7) is 2.16. The molecule has 0 spiro atoms. The molecule has 3 N–H and O–H groups in total. The van der Waals surface area contributed by atoms with Crippen LogP contribution < -0.4 is 11.1 Å². The Hall–Kier alpha value is -0.610. The van der Waals surface area contributed by atoms with Crippen LogP contribution in [0.15, 0.2) is 0 Å². The zero-order valence-electron chi connectivity index (χ0n) is 10.5. The molecular weight excluding hydrogens is 216 g/mol. The fourth-order valence-corrected chi connectivity index (χ4v) is 2.31. The van der Waals surface area contributed by atoms with Gasteiger partial charge in [0.2, 0.25) is 5.91 Å². The maximum absolute atomic E-state index is 11.8. The van der Waals surface area contributed by atoms with Crippen LogP contribution in [-0.4, -0.2) is 31.7 Å². The van der Waals surface area contributed by atoms with E-state index in [1.807, 2.05) is 0 Å². The largest absolute Gasteiger partial charge is 0.379 e. The standard InChI is InChI=1S/C13H24N2O2/c14-12-5-3-11(4-6-12)13(16)15-7-8-17-9-10-1-2-10/h10-12H,1-9,14H2,(H,15,16). The molecule has 0 bridgehead atoms. The normalized spacial score (nSPS) is 29.0. The highest BCUT2D eigenvalue weighted by Gasteiger charge is 2.24. The molecule has 2 aliphatic carbocycles. The van der Waals surface area contributed by atoms with E-state index in [9.17, 15) is 4.79 Å². The molecule has 2 rings (SSSR count). The number of hydrogen-bond acceptors (Lipinski definition) is 3. The second kappa shape index (κ2) is 6.36. The number of nitrogens with two attached hydrogens (primary N) is 1. The van der Waals surface area contributed by atoms with Gasteiger partial charge in [-0.05, 0) is 44.4 Å². The van der Waals surface area contributed by atoms with Crippen LogP contribution in [0.1, 0.15) is 38.5 Å². The molecule has 0 aromatic heterocycles. The molecule has 0 unspecified atom stereocenters. The van der Waals surface area contributed by atoms with Gasteiger partial charge in [0.15, 0.2) is 0 Å². The first-order valence-electron chi connectivity index (χ1n) is 6.86. The van der Waals surface area contributed by atoms with E-state index < -0.39 is 0 Å². The summed E-state index contributed by atoms with van der Waals surface area (Å²) < 4.78 is 5.48. The van der Waals surface area contributed by atoms with Crippen LogP contribution in [0.3, 0.4) is 0 Å². The van der Waals surface area contributed by atoms with Gasteiger partial charge in [0, 0.05) is 25.1 Å². The third-order valence-corrected chi connectivity index (χ3v) is 3.74. The van der Waals surface area contributed by atoms with Crippen molar-refractivity contribution in [2.24, 2.45) is 17.6 Å². The zero-order valence-corrected chi connectivity index (χ0v) is 10.5. The molecule has 17 heavy (non-hydrogen) atoms. The summed E-state index contributed by atoms with van der Waals surface area (Å²) in [5, 5.41) is 2.96. The molecule has 4 heteroatoms. The lowest BCUT2D eigenvalue weighted by Gasteiger charge is -2.25. The van der Waals surface area contributed by atoms with E-state index in [1.54, 1.807) is 0 Å². The predicted octanol–water partition coefficient (Wildman–Crippen LogP) is 1.05. The molecule has 0 radical (unpaired) electrons. The fraction of sp³-hybridized carbons (Fsp3) is 0.923. The highest BCUT2D eigenvalue weighted by molar-refractivity contribution is 5.78. The highest BCUT2D eigenvalue weighted by atomic mass is 16.5. The lowest BCUT2D eigenvalue weighted by Crippen LogP contribution is -2.37. The van der Waals surface area contributed by atoms with Crippen molar-refractivity contribution in [1.29, 1.82) is 0 Å². The summed E-state index contributed by atoms with van der Waals surface area (Å²) in [6, 6.07) is 0.306. The third kappa shape index (κ3) is 4.64. The van der Waals surface area contributed by atoms with Crippen molar-refractivity contribution in [2.75, 3.05) is 19.8 Å². The Bertz CT molecular complexity index is 246. The molecular formula is C13H24N2O2. The van der Waals surface area contributed by atoms with Gasteiger partial charge in [-0.1, -0.05) is 0 Å². The van der Waals surface area contributed by atoms with Gasteiger partial charge in [0.25, 0.3) is 0 Å². The SMILES string of the molecule is NC1CCC(C(=O)NCCOCC2CC2)CC1. The Morgan fingerprint density at radius 1 is 1.18 bits per heavy atom.